The van der Waals surface area contributed by atoms with Crippen LogP contribution in [0.4, 0.5) is 0 Å². The van der Waals surface area contributed by atoms with E-state index in [1.807, 2.05) is 0 Å². The van der Waals surface area contributed by atoms with E-state index in [1.165, 1.54) is 36.8 Å². The third-order valence-electron chi connectivity index (χ3n) is 4.23. The molecule has 0 spiro atoms. The highest BCUT2D eigenvalue weighted by Gasteiger charge is 2.28. The molecule has 0 saturated heterocycles. The van der Waals surface area contributed by atoms with Crippen molar-refractivity contribution < 1.29 is 0 Å². The molecule has 0 amide bonds. The molecule has 1 aliphatic carbocycles. The summed E-state index contributed by atoms with van der Waals surface area (Å²) >= 11 is 0. The smallest absolute Gasteiger partial charge is 0.0294 e. The second-order valence-electron chi connectivity index (χ2n) is 6.76. The van der Waals surface area contributed by atoms with Gasteiger partial charge in [-0.15, -0.1) is 0 Å². The molecule has 0 aromatic heterocycles. The van der Waals surface area contributed by atoms with Crippen LogP contribution in [0, 0.1) is 12.3 Å². The van der Waals surface area contributed by atoms with Crippen molar-refractivity contribution in [2.24, 2.45) is 5.41 Å². The highest BCUT2D eigenvalue weighted by molar-refractivity contribution is 5.24. The minimum atomic E-state index is 0.462. The van der Waals surface area contributed by atoms with Gasteiger partial charge in [0.15, 0.2) is 0 Å². The Hall–Kier alpha value is -0.820. The van der Waals surface area contributed by atoms with Crippen LogP contribution in [-0.4, -0.2) is 6.04 Å². The first-order valence-electron chi connectivity index (χ1n) is 7.29. The Balaban J connectivity index is 1.97. The zero-order chi connectivity index (χ0) is 13.2. The van der Waals surface area contributed by atoms with Crippen molar-refractivity contribution in [1.82, 2.24) is 5.32 Å². The summed E-state index contributed by atoms with van der Waals surface area (Å²) in [5, 5.41) is 3.82. The Morgan fingerprint density at radius 1 is 1.33 bits per heavy atom. The number of hydrogen-bond acceptors (Lipinski definition) is 1. The van der Waals surface area contributed by atoms with Gasteiger partial charge in [-0.3, -0.25) is 0 Å². The lowest BCUT2D eigenvalue weighted by molar-refractivity contribution is 0.191. The van der Waals surface area contributed by atoms with Crippen molar-refractivity contribution >= 4 is 0 Å². The normalized spacial score (nSPS) is 24.8. The maximum atomic E-state index is 3.82. The molecule has 0 heterocycles. The van der Waals surface area contributed by atoms with Crippen molar-refractivity contribution in [3.63, 3.8) is 0 Å². The minimum absolute atomic E-state index is 0.462. The Labute approximate surface area is 112 Å². The van der Waals surface area contributed by atoms with Crippen LogP contribution in [0.5, 0.6) is 0 Å². The van der Waals surface area contributed by atoms with E-state index in [9.17, 15) is 0 Å². The Kier molecular flexibility index (Phi) is 4.11. The topological polar surface area (TPSA) is 12.0 Å². The lowest BCUT2D eigenvalue weighted by Gasteiger charge is -2.37. The highest BCUT2D eigenvalue weighted by Crippen LogP contribution is 2.35. The number of hydrogen-bond donors (Lipinski definition) is 1. The second kappa shape index (κ2) is 5.44. The van der Waals surface area contributed by atoms with Crippen LogP contribution >= 0.6 is 0 Å². The molecule has 1 unspecified atom stereocenters. The van der Waals surface area contributed by atoms with Crippen LogP contribution in [0.2, 0.25) is 0 Å². The zero-order valence-corrected chi connectivity index (χ0v) is 12.3. The predicted octanol–water partition coefficient (Wildman–Crippen LogP) is 4.61. The SMILES string of the molecule is Cc1cccc([C@H](C)NC2CCCC(C)(C)C2)c1. The molecular weight excluding hydrogens is 218 g/mol. The van der Waals surface area contributed by atoms with Gasteiger partial charge in [-0.05, 0) is 44.1 Å². The molecule has 1 aromatic rings. The lowest BCUT2D eigenvalue weighted by atomic mass is 9.75. The summed E-state index contributed by atoms with van der Waals surface area (Å²) < 4.78 is 0. The molecule has 1 nitrogen and oxygen atoms in total. The summed E-state index contributed by atoms with van der Waals surface area (Å²) in [6, 6.07) is 10.0. The van der Waals surface area contributed by atoms with Crippen molar-refractivity contribution in [1.29, 1.82) is 0 Å². The molecule has 0 bridgehead atoms. The maximum Gasteiger partial charge on any atom is 0.0294 e. The van der Waals surface area contributed by atoms with Crippen molar-refractivity contribution in [3.05, 3.63) is 35.4 Å². The van der Waals surface area contributed by atoms with Crippen LogP contribution in [-0.2, 0) is 0 Å². The lowest BCUT2D eigenvalue weighted by Crippen LogP contribution is -2.38. The van der Waals surface area contributed by atoms with Gasteiger partial charge < -0.3 is 5.32 Å². The quantitative estimate of drug-likeness (QED) is 0.819. The van der Waals surface area contributed by atoms with Gasteiger partial charge in [0, 0.05) is 12.1 Å². The van der Waals surface area contributed by atoms with E-state index < -0.39 is 0 Å². The molecular formula is C17H27N. The number of benzene rings is 1. The van der Waals surface area contributed by atoms with Crippen molar-refractivity contribution in [2.75, 3.05) is 0 Å². The first-order valence-corrected chi connectivity index (χ1v) is 7.29. The maximum absolute atomic E-state index is 3.82. The van der Waals surface area contributed by atoms with Crippen molar-refractivity contribution in [2.45, 2.75) is 65.5 Å². The summed E-state index contributed by atoms with van der Waals surface area (Å²) in [5.74, 6) is 0. The number of aryl methyl sites for hydroxylation is 1. The molecule has 18 heavy (non-hydrogen) atoms. The molecule has 1 fully saturated rings. The number of rotatable bonds is 3. The van der Waals surface area contributed by atoms with Gasteiger partial charge in [0.2, 0.25) is 0 Å². The van der Waals surface area contributed by atoms with E-state index in [0.29, 0.717) is 17.5 Å². The minimum Gasteiger partial charge on any atom is -0.307 e. The van der Waals surface area contributed by atoms with Gasteiger partial charge in [-0.2, -0.15) is 0 Å². The van der Waals surface area contributed by atoms with E-state index in [4.69, 9.17) is 0 Å². The monoisotopic (exact) mass is 245 g/mol. The van der Waals surface area contributed by atoms with E-state index in [0.717, 1.165) is 0 Å². The standard InChI is InChI=1S/C17H27N/c1-13-7-5-8-15(11-13)14(2)18-16-9-6-10-17(3,4)12-16/h5,7-8,11,14,16,18H,6,9-10,12H2,1-4H3/t14-,16?/m0/s1. The Morgan fingerprint density at radius 2 is 2.11 bits per heavy atom. The van der Waals surface area contributed by atoms with Crippen LogP contribution in [0.15, 0.2) is 24.3 Å². The Morgan fingerprint density at radius 3 is 2.78 bits per heavy atom. The molecule has 2 rings (SSSR count). The van der Waals surface area contributed by atoms with Gasteiger partial charge >= 0.3 is 0 Å². The fraction of sp³-hybridized carbons (Fsp3) is 0.647. The van der Waals surface area contributed by atoms with Gasteiger partial charge in [0.05, 0.1) is 0 Å². The summed E-state index contributed by atoms with van der Waals surface area (Å²) in [5.41, 5.74) is 3.28. The van der Waals surface area contributed by atoms with Gasteiger partial charge in [-0.1, -0.05) is 50.1 Å². The van der Waals surface area contributed by atoms with Gasteiger partial charge in [0.1, 0.15) is 0 Å². The average molecular weight is 245 g/mol. The van der Waals surface area contributed by atoms with Gasteiger partial charge in [0.25, 0.3) is 0 Å². The zero-order valence-electron chi connectivity index (χ0n) is 12.3. The van der Waals surface area contributed by atoms with Crippen LogP contribution in [0.3, 0.4) is 0 Å². The average Bonchev–Trinajstić information content (AvgIpc) is 2.27. The molecule has 1 heteroatoms. The van der Waals surface area contributed by atoms with Crippen LogP contribution in [0.1, 0.15) is 63.6 Å². The third kappa shape index (κ3) is 3.58. The Bertz CT molecular complexity index is 394. The molecule has 2 atom stereocenters. The molecule has 1 aromatic carbocycles. The summed E-state index contributed by atoms with van der Waals surface area (Å²) in [7, 11) is 0. The van der Waals surface area contributed by atoms with E-state index in [-0.39, 0.29) is 0 Å². The van der Waals surface area contributed by atoms with Gasteiger partial charge in [-0.25, -0.2) is 0 Å². The van der Waals surface area contributed by atoms with E-state index in [1.54, 1.807) is 0 Å². The molecule has 0 aliphatic heterocycles. The second-order valence-corrected chi connectivity index (χ2v) is 6.76. The summed E-state index contributed by atoms with van der Waals surface area (Å²) in [6.07, 6.45) is 5.39. The predicted molar refractivity (Wildman–Crippen MR) is 78.8 cm³/mol. The molecule has 1 saturated carbocycles. The molecule has 0 radical (unpaired) electrons. The molecule has 1 N–H and O–H groups in total. The fourth-order valence-corrected chi connectivity index (χ4v) is 3.23. The highest BCUT2D eigenvalue weighted by atomic mass is 14.9. The molecule has 1 aliphatic rings. The van der Waals surface area contributed by atoms with Crippen molar-refractivity contribution in [3.8, 4) is 0 Å². The molecule has 100 valence electrons. The van der Waals surface area contributed by atoms with E-state index in [2.05, 4.69) is 57.3 Å². The van der Waals surface area contributed by atoms with Crippen LogP contribution in [0.25, 0.3) is 0 Å². The first kappa shape index (κ1) is 13.6. The summed E-state index contributed by atoms with van der Waals surface area (Å²) in [6.45, 7) is 9.26. The largest absolute Gasteiger partial charge is 0.307 e. The van der Waals surface area contributed by atoms with E-state index >= 15 is 0 Å². The van der Waals surface area contributed by atoms with Crippen LogP contribution < -0.4 is 5.32 Å². The fourth-order valence-electron chi connectivity index (χ4n) is 3.23. The third-order valence-corrected chi connectivity index (χ3v) is 4.23. The first-order chi connectivity index (χ1) is 8.46. The summed E-state index contributed by atoms with van der Waals surface area (Å²) in [4.78, 5) is 0. The number of nitrogens with one attached hydrogen (secondary N) is 1.